The molecule has 0 amide bonds. The van der Waals surface area contributed by atoms with Gasteiger partial charge in [-0.05, 0) is 43.1 Å². The van der Waals surface area contributed by atoms with Crippen LogP contribution in [0, 0.1) is 6.92 Å². The summed E-state index contributed by atoms with van der Waals surface area (Å²) in [5.41, 5.74) is 0.929. The predicted octanol–water partition coefficient (Wildman–Crippen LogP) is 3.05. The van der Waals surface area contributed by atoms with Gasteiger partial charge in [-0.15, -0.1) is 0 Å². The molecule has 1 aromatic carbocycles. The minimum Gasteiger partial charge on any atom is -0.389 e. The van der Waals surface area contributed by atoms with Gasteiger partial charge in [0.15, 0.2) is 4.34 Å². The highest BCUT2D eigenvalue weighted by molar-refractivity contribution is 8.01. The van der Waals surface area contributed by atoms with Crippen LogP contribution in [0.15, 0.2) is 33.5 Å². The molecule has 2 aromatic rings. The third-order valence-electron chi connectivity index (χ3n) is 2.08. The summed E-state index contributed by atoms with van der Waals surface area (Å²) in [6.07, 6.45) is -0.414. The first-order chi connectivity index (χ1) is 7.65. The highest BCUT2D eigenvalue weighted by Crippen LogP contribution is 2.29. The van der Waals surface area contributed by atoms with Crippen LogP contribution in [-0.4, -0.2) is 14.5 Å². The van der Waals surface area contributed by atoms with E-state index in [1.165, 1.54) is 11.5 Å². The topological polar surface area (TPSA) is 46.0 Å². The fraction of sp³-hybridized carbons (Fsp3) is 0.273. The number of aliphatic hydroxyl groups is 1. The highest BCUT2D eigenvalue weighted by Gasteiger charge is 2.04. The van der Waals surface area contributed by atoms with Crippen molar-refractivity contribution in [2.75, 3.05) is 0 Å². The van der Waals surface area contributed by atoms with E-state index < -0.39 is 6.10 Å². The van der Waals surface area contributed by atoms with Crippen LogP contribution in [0.5, 0.6) is 0 Å². The maximum Gasteiger partial charge on any atom is 0.174 e. The number of aliphatic hydroxyl groups excluding tert-OH is 1. The van der Waals surface area contributed by atoms with Crippen molar-refractivity contribution in [3.05, 3.63) is 35.7 Å². The fourth-order valence-corrected chi connectivity index (χ4v) is 2.86. The van der Waals surface area contributed by atoms with Gasteiger partial charge >= 0.3 is 0 Å². The lowest BCUT2D eigenvalue weighted by Gasteiger charge is -2.04. The van der Waals surface area contributed by atoms with Gasteiger partial charge in [0.25, 0.3) is 0 Å². The summed E-state index contributed by atoms with van der Waals surface area (Å²) in [6, 6.07) is 7.84. The van der Waals surface area contributed by atoms with Crippen LogP contribution in [0.25, 0.3) is 0 Å². The van der Waals surface area contributed by atoms with Crippen molar-refractivity contribution in [2.45, 2.75) is 29.2 Å². The normalized spacial score (nSPS) is 12.7. The molecule has 0 aliphatic carbocycles. The molecule has 1 atom stereocenters. The lowest BCUT2D eigenvalue weighted by atomic mass is 10.1. The van der Waals surface area contributed by atoms with Crippen molar-refractivity contribution in [1.82, 2.24) is 9.36 Å². The molecule has 16 heavy (non-hydrogen) atoms. The minimum absolute atomic E-state index is 0.414. The molecule has 0 unspecified atom stereocenters. The zero-order valence-corrected chi connectivity index (χ0v) is 10.7. The van der Waals surface area contributed by atoms with E-state index in [4.69, 9.17) is 0 Å². The molecule has 84 valence electrons. The lowest BCUT2D eigenvalue weighted by Crippen LogP contribution is -1.89. The van der Waals surface area contributed by atoms with E-state index in [1.54, 1.807) is 18.7 Å². The van der Waals surface area contributed by atoms with E-state index in [0.717, 1.165) is 20.6 Å². The Labute approximate surface area is 103 Å². The lowest BCUT2D eigenvalue weighted by molar-refractivity contribution is 0.199. The predicted molar refractivity (Wildman–Crippen MR) is 65.8 cm³/mol. The van der Waals surface area contributed by atoms with Crippen molar-refractivity contribution in [2.24, 2.45) is 0 Å². The summed E-state index contributed by atoms with van der Waals surface area (Å²) in [6.45, 7) is 3.65. The van der Waals surface area contributed by atoms with Crippen LogP contribution in [0.3, 0.4) is 0 Å². The summed E-state index contributed by atoms with van der Waals surface area (Å²) in [5.74, 6) is 0.813. The Morgan fingerprint density at radius 1 is 1.31 bits per heavy atom. The van der Waals surface area contributed by atoms with Crippen LogP contribution in [-0.2, 0) is 0 Å². The van der Waals surface area contributed by atoms with Crippen molar-refractivity contribution in [1.29, 1.82) is 0 Å². The van der Waals surface area contributed by atoms with Gasteiger partial charge < -0.3 is 5.11 Å². The molecule has 0 radical (unpaired) electrons. The second-order valence-electron chi connectivity index (χ2n) is 3.45. The Hall–Kier alpha value is -0.910. The molecule has 0 fully saturated rings. The number of aryl methyl sites for hydroxylation is 1. The second-order valence-corrected chi connectivity index (χ2v) is 5.53. The summed E-state index contributed by atoms with van der Waals surface area (Å²) >= 11 is 3.00. The summed E-state index contributed by atoms with van der Waals surface area (Å²) in [5, 5.41) is 9.38. The maximum atomic E-state index is 9.38. The molecule has 0 saturated heterocycles. The van der Waals surface area contributed by atoms with Crippen LogP contribution in [0.1, 0.15) is 24.4 Å². The van der Waals surface area contributed by atoms with E-state index in [1.807, 2.05) is 31.2 Å². The zero-order chi connectivity index (χ0) is 11.5. The SMILES string of the molecule is Cc1nsc(Sc2ccc([C@@H](C)O)cc2)n1. The molecule has 0 saturated carbocycles. The van der Waals surface area contributed by atoms with E-state index in [9.17, 15) is 5.11 Å². The molecule has 1 N–H and O–H groups in total. The molecule has 0 spiro atoms. The van der Waals surface area contributed by atoms with Crippen LogP contribution in [0.4, 0.5) is 0 Å². The van der Waals surface area contributed by atoms with Gasteiger partial charge in [-0.2, -0.15) is 4.37 Å². The zero-order valence-electron chi connectivity index (χ0n) is 9.04. The van der Waals surface area contributed by atoms with Gasteiger partial charge in [0.2, 0.25) is 0 Å². The first-order valence-electron chi connectivity index (χ1n) is 4.91. The number of hydrogen-bond acceptors (Lipinski definition) is 5. The molecule has 1 aromatic heterocycles. The molecular formula is C11H12N2OS2. The Morgan fingerprint density at radius 3 is 2.50 bits per heavy atom. The summed E-state index contributed by atoms with van der Waals surface area (Å²) < 4.78 is 5.07. The number of hydrogen-bond donors (Lipinski definition) is 1. The molecule has 0 aliphatic heterocycles. The Kier molecular flexibility index (Phi) is 3.58. The number of rotatable bonds is 3. The molecule has 0 bridgehead atoms. The van der Waals surface area contributed by atoms with Gasteiger partial charge in [0.1, 0.15) is 5.82 Å². The number of benzene rings is 1. The standard InChI is InChI=1S/C11H12N2OS2/c1-7(14)9-3-5-10(6-4-9)15-11-12-8(2)13-16-11/h3-7,14H,1-2H3/t7-/m1/s1. The molecular weight excluding hydrogens is 240 g/mol. The third kappa shape index (κ3) is 2.81. The Morgan fingerprint density at radius 2 is 2.00 bits per heavy atom. The average molecular weight is 252 g/mol. The van der Waals surface area contributed by atoms with Gasteiger partial charge in [-0.25, -0.2) is 4.98 Å². The Balaban J connectivity index is 2.11. The van der Waals surface area contributed by atoms with Crippen molar-refractivity contribution < 1.29 is 5.11 Å². The van der Waals surface area contributed by atoms with Gasteiger partial charge in [0, 0.05) is 4.90 Å². The maximum absolute atomic E-state index is 9.38. The van der Waals surface area contributed by atoms with Gasteiger partial charge in [-0.1, -0.05) is 23.9 Å². The second kappa shape index (κ2) is 4.95. The van der Waals surface area contributed by atoms with E-state index >= 15 is 0 Å². The summed E-state index contributed by atoms with van der Waals surface area (Å²) in [7, 11) is 0. The molecule has 1 heterocycles. The Bertz CT molecular complexity index is 465. The van der Waals surface area contributed by atoms with Crippen LogP contribution in [0.2, 0.25) is 0 Å². The van der Waals surface area contributed by atoms with E-state index in [2.05, 4.69) is 9.36 Å². The quantitative estimate of drug-likeness (QED) is 0.912. The van der Waals surface area contributed by atoms with E-state index in [-0.39, 0.29) is 0 Å². The first kappa shape index (κ1) is 11.6. The smallest absolute Gasteiger partial charge is 0.174 e. The largest absolute Gasteiger partial charge is 0.389 e. The molecule has 5 heteroatoms. The van der Waals surface area contributed by atoms with Crippen LogP contribution < -0.4 is 0 Å². The van der Waals surface area contributed by atoms with Gasteiger partial charge in [-0.3, -0.25) is 0 Å². The number of nitrogens with zero attached hydrogens (tertiary/aromatic N) is 2. The van der Waals surface area contributed by atoms with Crippen molar-refractivity contribution in [3.8, 4) is 0 Å². The van der Waals surface area contributed by atoms with Crippen molar-refractivity contribution >= 4 is 23.3 Å². The third-order valence-corrected chi connectivity index (χ3v) is 3.93. The van der Waals surface area contributed by atoms with E-state index in [0.29, 0.717) is 0 Å². The first-order valence-corrected chi connectivity index (χ1v) is 6.50. The molecule has 0 aliphatic rings. The minimum atomic E-state index is -0.414. The van der Waals surface area contributed by atoms with Gasteiger partial charge in [0.05, 0.1) is 6.10 Å². The fourth-order valence-electron chi connectivity index (χ4n) is 1.23. The summed E-state index contributed by atoms with van der Waals surface area (Å²) in [4.78, 5) is 5.40. The van der Waals surface area contributed by atoms with Crippen molar-refractivity contribution in [3.63, 3.8) is 0 Å². The molecule has 3 nitrogen and oxygen atoms in total. The monoisotopic (exact) mass is 252 g/mol. The number of aromatic nitrogens is 2. The highest BCUT2D eigenvalue weighted by atomic mass is 32.2. The molecule has 2 rings (SSSR count). The average Bonchev–Trinajstić information content (AvgIpc) is 2.65. The van der Waals surface area contributed by atoms with Crippen LogP contribution >= 0.6 is 23.3 Å².